The van der Waals surface area contributed by atoms with Gasteiger partial charge in [-0.3, -0.25) is 0 Å². The molecule has 8 aromatic rings. The first kappa shape index (κ1) is 26.7. The van der Waals surface area contributed by atoms with Crippen molar-refractivity contribution < 1.29 is 0 Å². The van der Waals surface area contributed by atoms with E-state index in [1.54, 1.807) is 0 Å². The number of hydrogen-bond donors (Lipinski definition) is 0. The molecule has 0 saturated heterocycles. The van der Waals surface area contributed by atoms with Gasteiger partial charge in [0.05, 0.1) is 5.69 Å². The van der Waals surface area contributed by atoms with Crippen LogP contribution in [0.3, 0.4) is 0 Å². The Labute approximate surface area is 270 Å². The van der Waals surface area contributed by atoms with E-state index in [0.29, 0.717) is 0 Å². The van der Waals surface area contributed by atoms with Crippen LogP contribution in [0.25, 0.3) is 54.6 Å². The highest BCUT2D eigenvalue weighted by Gasteiger charge is 2.35. The Morgan fingerprint density at radius 3 is 1.93 bits per heavy atom. The first-order valence-corrected chi connectivity index (χ1v) is 16.1. The molecule has 1 nitrogen and oxygen atoms in total. The maximum Gasteiger partial charge on any atom is 0.0546 e. The van der Waals surface area contributed by atoms with Gasteiger partial charge in [0.25, 0.3) is 0 Å². The smallest absolute Gasteiger partial charge is 0.0546 e. The standard InChI is InChI=1S/C45H33N/c1-45(2)41-22-11-10-19-37(41)40-29-35(25-26-42(40)45)46(34-17-12-16-32(27-34)30-13-4-3-5-14-30)43-28-33-24-23-31-15-6-7-18-36(31)44(33)39-21-9-8-20-38(39)43/h3-29H,1-2H3. The quantitative estimate of drug-likeness (QED) is 0.185. The third-order valence-corrected chi connectivity index (χ3v) is 10.0. The largest absolute Gasteiger partial charge is 0.310 e. The van der Waals surface area contributed by atoms with E-state index in [-0.39, 0.29) is 5.41 Å². The van der Waals surface area contributed by atoms with Gasteiger partial charge in [0, 0.05) is 22.2 Å². The van der Waals surface area contributed by atoms with Gasteiger partial charge >= 0.3 is 0 Å². The molecule has 46 heavy (non-hydrogen) atoms. The topological polar surface area (TPSA) is 3.24 Å². The molecule has 0 aliphatic heterocycles. The second kappa shape index (κ2) is 10.2. The SMILES string of the molecule is CC1(C)c2ccccc2-c2cc(N(c3cccc(-c4ccccc4)c3)c3cc4ccc5ccccc5c4c4ccccc34)ccc21. The number of hydrogen-bond acceptors (Lipinski definition) is 1. The lowest BCUT2D eigenvalue weighted by Crippen LogP contribution is -2.15. The minimum Gasteiger partial charge on any atom is -0.310 e. The summed E-state index contributed by atoms with van der Waals surface area (Å²) in [5.74, 6) is 0. The molecule has 0 amide bonds. The summed E-state index contributed by atoms with van der Waals surface area (Å²) in [5, 5.41) is 7.60. The van der Waals surface area contributed by atoms with Crippen LogP contribution in [0.5, 0.6) is 0 Å². The van der Waals surface area contributed by atoms with E-state index in [4.69, 9.17) is 0 Å². The maximum absolute atomic E-state index is 2.47. The van der Waals surface area contributed by atoms with Crippen LogP contribution in [-0.4, -0.2) is 0 Å². The normalized spacial score (nSPS) is 13.2. The summed E-state index contributed by atoms with van der Waals surface area (Å²) in [6, 6.07) is 60.2. The molecule has 0 fully saturated rings. The first-order valence-electron chi connectivity index (χ1n) is 16.1. The Balaban J connectivity index is 1.35. The monoisotopic (exact) mass is 587 g/mol. The molecule has 0 aromatic heterocycles. The average molecular weight is 588 g/mol. The lowest BCUT2D eigenvalue weighted by atomic mass is 9.82. The van der Waals surface area contributed by atoms with Crippen molar-refractivity contribution in [2.24, 2.45) is 0 Å². The van der Waals surface area contributed by atoms with Crippen molar-refractivity contribution in [3.8, 4) is 22.3 Å². The highest BCUT2D eigenvalue weighted by atomic mass is 15.1. The minimum atomic E-state index is -0.0424. The van der Waals surface area contributed by atoms with Crippen molar-refractivity contribution in [2.45, 2.75) is 19.3 Å². The highest BCUT2D eigenvalue weighted by Crippen LogP contribution is 2.51. The predicted octanol–water partition coefficient (Wildman–Crippen LogP) is 12.6. The predicted molar refractivity (Wildman–Crippen MR) is 197 cm³/mol. The van der Waals surface area contributed by atoms with Crippen LogP contribution in [-0.2, 0) is 5.41 Å². The van der Waals surface area contributed by atoms with Crippen LogP contribution in [0, 0.1) is 0 Å². The molecule has 1 heteroatoms. The summed E-state index contributed by atoms with van der Waals surface area (Å²) >= 11 is 0. The first-order chi connectivity index (χ1) is 22.6. The van der Waals surface area contributed by atoms with E-state index in [0.717, 1.165) is 11.4 Å². The molecule has 8 aromatic carbocycles. The summed E-state index contributed by atoms with van der Waals surface area (Å²) in [5.41, 5.74) is 11.3. The summed E-state index contributed by atoms with van der Waals surface area (Å²) in [7, 11) is 0. The summed E-state index contributed by atoms with van der Waals surface area (Å²) in [6.07, 6.45) is 0. The highest BCUT2D eigenvalue weighted by molar-refractivity contribution is 6.23. The van der Waals surface area contributed by atoms with Crippen LogP contribution in [0.15, 0.2) is 164 Å². The zero-order chi connectivity index (χ0) is 30.8. The Morgan fingerprint density at radius 2 is 1.07 bits per heavy atom. The molecule has 0 radical (unpaired) electrons. The Kier molecular flexibility index (Phi) is 5.92. The third kappa shape index (κ3) is 4.02. The number of nitrogens with zero attached hydrogens (tertiary/aromatic N) is 1. The molecule has 0 unspecified atom stereocenters. The second-order valence-corrected chi connectivity index (χ2v) is 13.0. The molecular formula is C45H33N. The van der Waals surface area contributed by atoms with Crippen molar-refractivity contribution in [3.05, 3.63) is 175 Å². The molecule has 1 aliphatic carbocycles. The van der Waals surface area contributed by atoms with Gasteiger partial charge in [-0.1, -0.05) is 147 Å². The van der Waals surface area contributed by atoms with Gasteiger partial charge in [0.2, 0.25) is 0 Å². The van der Waals surface area contributed by atoms with Gasteiger partial charge in [0.1, 0.15) is 0 Å². The van der Waals surface area contributed by atoms with E-state index >= 15 is 0 Å². The van der Waals surface area contributed by atoms with Crippen LogP contribution >= 0.6 is 0 Å². The lowest BCUT2D eigenvalue weighted by Gasteiger charge is -2.29. The minimum absolute atomic E-state index is 0.0424. The molecule has 0 N–H and O–H groups in total. The number of rotatable bonds is 4. The third-order valence-electron chi connectivity index (χ3n) is 10.0. The lowest BCUT2D eigenvalue weighted by molar-refractivity contribution is 0.660. The van der Waals surface area contributed by atoms with E-state index in [9.17, 15) is 0 Å². The second-order valence-electron chi connectivity index (χ2n) is 13.0. The molecule has 0 bridgehead atoms. The molecular weight excluding hydrogens is 555 g/mol. The molecule has 0 heterocycles. The Morgan fingerprint density at radius 1 is 0.413 bits per heavy atom. The zero-order valence-electron chi connectivity index (χ0n) is 26.0. The van der Waals surface area contributed by atoms with Crippen LogP contribution in [0.2, 0.25) is 0 Å². The fourth-order valence-corrected chi connectivity index (χ4v) is 7.77. The molecule has 0 spiro atoms. The van der Waals surface area contributed by atoms with Gasteiger partial charge in [-0.05, 0) is 90.6 Å². The van der Waals surface area contributed by atoms with Gasteiger partial charge < -0.3 is 4.90 Å². The number of fused-ring (bicyclic) bond motifs is 8. The van der Waals surface area contributed by atoms with Crippen molar-refractivity contribution in [1.82, 2.24) is 0 Å². The van der Waals surface area contributed by atoms with E-state index in [1.807, 2.05) is 0 Å². The van der Waals surface area contributed by atoms with Crippen LogP contribution in [0.1, 0.15) is 25.0 Å². The number of anilines is 3. The summed E-state index contributed by atoms with van der Waals surface area (Å²) in [4.78, 5) is 2.47. The van der Waals surface area contributed by atoms with Gasteiger partial charge in [-0.2, -0.15) is 0 Å². The van der Waals surface area contributed by atoms with Gasteiger partial charge in [-0.25, -0.2) is 0 Å². The summed E-state index contributed by atoms with van der Waals surface area (Å²) < 4.78 is 0. The van der Waals surface area contributed by atoms with Crippen molar-refractivity contribution >= 4 is 49.4 Å². The Hall–Kier alpha value is -5.66. The molecule has 0 atom stereocenters. The zero-order valence-corrected chi connectivity index (χ0v) is 26.0. The van der Waals surface area contributed by atoms with Crippen molar-refractivity contribution in [3.63, 3.8) is 0 Å². The maximum atomic E-state index is 2.47. The Bertz CT molecular complexity index is 2450. The molecule has 9 rings (SSSR count). The number of benzene rings is 8. The molecule has 1 aliphatic rings. The average Bonchev–Trinajstić information content (AvgIpc) is 3.34. The fraction of sp³-hybridized carbons (Fsp3) is 0.0667. The van der Waals surface area contributed by atoms with Crippen LogP contribution in [0.4, 0.5) is 17.1 Å². The van der Waals surface area contributed by atoms with E-state index in [1.165, 1.54) is 71.4 Å². The summed E-state index contributed by atoms with van der Waals surface area (Å²) in [6.45, 7) is 4.69. The molecule has 218 valence electrons. The fourth-order valence-electron chi connectivity index (χ4n) is 7.77. The molecule has 0 saturated carbocycles. The van der Waals surface area contributed by atoms with Crippen LogP contribution < -0.4 is 4.90 Å². The van der Waals surface area contributed by atoms with Gasteiger partial charge in [0.15, 0.2) is 0 Å². The van der Waals surface area contributed by atoms with E-state index < -0.39 is 0 Å². The van der Waals surface area contributed by atoms with Crippen molar-refractivity contribution in [2.75, 3.05) is 4.90 Å². The van der Waals surface area contributed by atoms with Gasteiger partial charge in [-0.15, -0.1) is 0 Å². The van der Waals surface area contributed by atoms with E-state index in [2.05, 4.69) is 183 Å². The van der Waals surface area contributed by atoms with Crippen molar-refractivity contribution in [1.29, 1.82) is 0 Å².